The van der Waals surface area contributed by atoms with Gasteiger partial charge in [0.15, 0.2) is 0 Å². The van der Waals surface area contributed by atoms with E-state index in [4.69, 9.17) is 5.73 Å². The zero-order chi connectivity index (χ0) is 13.4. The number of nitrogens with one attached hydrogen (secondary N) is 1. The maximum absolute atomic E-state index is 11.5. The minimum absolute atomic E-state index is 0.399. The fraction of sp³-hybridized carbons (Fsp3) is 0.182. The van der Waals surface area contributed by atoms with Crippen molar-refractivity contribution in [3.05, 3.63) is 35.9 Å². The average molecular weight is 252 g/mol. The van der Waals surface area contributed by atoms with E-state index in [-0.39, 0.29) is 0 Å². The first-order valence-corrected chi connectivity index (χ1v) is 5.07. The molecule has 0 aliphatic heterocycles. The summed E-state index contributed by atoms with van der Waals surface area (Å²) in [6, 6.07) is 8.33. The third kappa shape index (κ3) is 4.62. The SMILES string of the molecule is NCC(=O)OOC(=O)CNC(=O)c1ccccc1. The molecule has 0 aliphatic carbocycles. The van der Waals surface area contributed by atoms with E-state index in [1.165, 1.54) is 0 Å². The maximum Gasteiger partial charge on any atom is 0.374 e. The minimum atomic E-state index is -0.902. The van der Waals surface area contributed by atoms with Crippen molar-refractivity contribution < 1.29 is 24.2 Å². The molecular weight excluding hydrogens is 240 g/mol. The van der Waals surface area contributed by atoms with Crippen molar-refractivity contribution in [2.45, 2.75) is 0 Å². The molecule has 0 radical (unpaired) electrons. The van der Waals surface area contributed by atoms with E-state index in [2.05, 4.69) is 15.1 Å². The number of carbonyl (C=O) groups excluding carboxylic acids is 3. The largest absolute Gasteiger partial charge is 0.374 e. The zero-order valence-electron chi connectivity index (χ0n) is 9.42. The van der Waals surface area contributed by atoms with Gasteiger partial charge in [-0.25, -0.2) is 19.4 Å². The second kappa shape index (κ2) is 7.02. The smallest absolute Gasteiger partial charge is 0.341 e. The van der Waals surface area contributed by atoms with Gasteiger partial charge in [0.05, 0.1) is 6.54 Å². The van der Waals surface area contributed by atoms with Gasteiger partial charge in [0.1, 0.15) is 6.54 Å². The number of nitrogens with two attached hydrogens (primary N) is 1. The van der Waals surface area contributed by atoms with Crippen LogP contribution in [0.1, 0.15) is 10.4 Å². The molecule has 0 saturated heterocycles. The summed E-state index contributed by atoms with van der Waals surface area (Å²) in [7, 11) is 0. The molecule has 0 heterocycles. The molecule has 0 fully saturated rings. The topological polar surface area (TPSA) is 108 Å². The highest BCUT2D eigenvalue weighted by atomic mass is 17.2. The van der Waals surface area contributed by atoms with Crippen LogP contribution in [0.2, 0.25) is 0 Å². The molecule has 0 unspecified atom stereocenters. The fourth-order valence-electron chi connectivity index (χ4n) is 1.00. The van der Waals surface area contributed by atoms with E-state index in [9.17, 15) is 14.4 Å². The Hall–Kier alpha value is -2.41. The highest BCUT2D eigenvalue weighted by molar-refractivity contribution is 5.95. The van der Waals surface area contributed by atoms with Gasteiger partial charge in [-0.3, -0.25) is 4.79 Å². The van der Waals surface area contributed by atoms with Crippen molar-refractivity contribution >= 4 is 17.8 Å². The van der Waals surface area contributed by atoms with E-state index < -0.39 is 30.9 Å². The lowest BCUT2D eigenvalue weighted by atomic mass is 10.2. The van der Waals surface area contributed by atoms with E-state index in [0.29, 0.717) is 5.56 Å². The Labute approximate surface area is 103 Å². The molecule has 1 aromatic carbocycles. The van der Waals surface area contributed by atoms with E-state index in [0.717, 1.165) is 0 Å². The van der Waals surface area contributed by atoms with Crippen LogP contribution in [0.15, 0.2) is 30.3 Å². The van der Waals surface area contributed by atoms with Crippen molar-refractivity contribution in [1.29, 1.82) is 0 Å². The van der Waals surface area contributed by atoms with Gasteiger partial charge < -0.3 is 11.1 Å². The standard InChI is InChI=1S/C11H12N2O5/c12-6-9(14)17-18-10(15)7-13-11(16)8-4-2-1-3-5-8/h1-5H,6-7,12H2,(H,13,16). The fourth-order valence-corrected chi connectivity index (χ4v) is 1.00. The van der Waals surface area contributed by atoms with Crippen LogP contribution in [0.3, 0.4) is 0 Å². The molecule has 18 heavy (non-hydrogen) atoms. The molecule has 0 spiro atoms. The number of carbonyl (C=O) groups is 3. The predicted molar refractivity (Wildman–Crippen MR) is 60.0 cm³/mol. The van der Waals surface area contributed by atoms with Crippen LogP contribution >= 0.6 is 0 Å². The van der Waals surface area contributed by atoms with Gasteiger partial charge in [0.2, 0.25) is 0 Å². The first kappa shape index (κ1) is 13.7. The third-order valence-electron chi connectivity index (χ3n) is 1.82. The van der Waals surface area contributed by atoms with Crippen LogP contribution in [-0.4, -0.2) is 30.9 Å². The van der Waals surface area contributed by atoms with E-state index in [1.54, 1.807) is 30.3 Å². The second-order valence-electron chi connectivity index (χ2n) is 3.16. The Morgan fingerprint density at radius 2 is 1.67 bits per heavy atom. The van der Waals surface area contributed by atoms with Crippen molar-refractivity contribution in [3.8, 4) is 0 Å². The van der Waals surface area contributed by atoms with Crippen molar-refractivity contribution in [1.82, 2.24) is 5.32 Å². The summed E-state index contributed by atoms with van der Waals surface area (Å²) in [5.74, 6) is -2.21. The Morgan fingerprint density at radius 3 is 2.28 bits per heavy atom. The zero-order valence-corrected chi connectivity index (χ0v) is 9.42. The molecule has 0 aliphatic rings. The maximum atomic E-state index is 11.5. The molecule has 0 bridgehead atoms. The lowest BCUT2D eigenvalue weighted by Gasteiger charge is -2.04. The summed E-state index contributed by atoms with van der Waals surface area (Å²) < 4.78 is 0. The summed E-state index contributed by atoms with van der Waals surface area (Å²) >= 11 is 0. The van der Waals surface area contributed by atoms with Crippen LogP contribution in [0.5, 0.6) is 0 Å². The van der Waals surface area contributed by atoms with Gasteiger partial charge in [-0.2, -0.15) is 0 Å². The van der Waals surface area contributed by atoms with Gasteiger partial charge >= 0.3 is 11.9 Å². The number of amides is 1. The lowest BCUT2D eigenvalue weighted by molar-refractivity contribution is -0.256. The Kier molecular flexibility index (Phi) is 5.33. The molecule has 96 valence electrons. The molecule has 0 atom stereocenters. The third-order valence-corrected chi connectivity index (χ3v) is 1.82. The van der Waals surface area contributed by atoms with Crippen molar-refractivity contribution in [2.75, 3.05) is 13.1 Å². The van der Waals surface area contributed by atoms with Crippen LogP contribution in [-0.2, 0) is 19.4 Å². The summed E-state index contributed by atoms with van der Waals surface area (Å²) in [6.07, 6.45) is 0. The Morgan fingerprint density at radius 1 is 1.06 bits per heavy atom. The van der Waals surface area contributed by atoms with Crippen LogP contribution < -0.4 is 11.1 Å². The Bertz CT molecular complexity index is 432. The summed E-state index contributed by atoms with van der Waals surface area (Å²) in [5, 5.41) is 2.30. The van der Waals surface area contributed by atoms with Crippen LogP contribution in [0, 0.1) is 0 Å². The number of rotatable bonds is 4. The van der Waals surface area contributed by atoms with Crippen molar-refractivity contribution in [3.63, 3.8) is 0 Å². The van der Waals surface area contributed by atoms with Gasteiger partial charge in [0.25, 0.3) is 5.91 Å². The molecule has 1 aromatic rings. The van der Waals surface area contributed by atoms with Crippen LogP contribution in [0.25, 0.3) is 0 Å². The summed E-state index contributed by atoms with van der Waals surface area (Å²) in [4.78, 5) is 41.2. The van der Waals surface area contributed by atoms with E-state index >= 15 is 0 Å². The number of benzene rings is 1. The molecular formula is C11H12N2O5. The molecule has 1 rings (SSSR count). The van der Waals surface area contributed by atoms with Gasteiger partial charge in [-0.1, -0.05) is 18.2 Å². The highest BCUT2D eigenvalue weighted by Gasteiger charge is 2.11. The lowest BCUT2D eigenvalue weighted by Crippen LogP contribution is -2.31. The molecule has 0 aromatic heterocycles. The molecule has 3 N–H and O–H groups in total. The number of hydrogen-bond acceptors (Lipinski definition) is 6. The quantitative estimate of drug-likeness (QED) is 0.546. The highest BCUT2D eigenvalue weighted by Crippen LogP contribution is 1.97. The molecule has 7 nitrogen and oxygen atoms in total. The second-order valence-corrected chi connectivity index (χ2v) is 3.16. The first-order chi connectivity index (χ1) is 8.63. The van der Waals surface area contributed by atoms with Gasteiger partial charge in [-0.05, 0) is 12.1 Å². The minimum Gasteiger partial charge on any atom is -0.341 e. The monoisotopic (exact) mass is 252 g/mol. The summed E-state index contributed by atoms with van der Waals surface area (Å²) in [6.45, 7) is -0.810. The Balaban J connectivity index is 2.31. The molecule has 7 heteroatoms. The predicted octanol–water partition coefficient (Wildman–Crippen LogP) is -0.624. The molecule has 1 amide bonds. The number of hydrogen-bond donors (Lipinski definition) is 2. The first-order valence-electron chi connectivity index (χ1n) is 5.07. The van der Waals surface area contributed by atoms with E-state index in [1.807, 2.05) is 0 Å². The normalized spacial score (nSPS) is 9.39. The summed E-state index contributed by atoms with van der Waals surface area (Å²) in [5.41, 5.74) is 5.33. The van der Waals surface area contributed by atoms with Gasteiger partial charge in [0, 0.05) is 5.56 Å². The van der Waals surface area contributed by atoms with Crippen LogP contribution in [0.4, 0.5) is 0 Å². The molecule has 0 saturated carbocycles. The average Bonchev–Trinajstić information content (AvgIpc) is 2.42. The van der Waals surface area contributed by atoms with Gasteiger partial charge in [-0.15, -0.1) is 0 Å². The van der Waals surface area contributed by atoms with Crippen molar-refractivity contribution in [2.24, 2.45) is 5.73 Å².